The fraction of sp³-hybridized carbons (Fsp3) is 0.500. The van der Waals surface area contributed by atoms with Crippen LogP contribution in [0.5, 0.6) is 0 Å². The maximum atomic E-state index is 13.7. The van der Waals surface area contributed by atoms with Crippen molar-refractivity contribution in [2.75, 3.05) is 46.4 Å². The van der Waals surface area contributed by atoms with E-state index >= 15 is 0 Å². The number of hydrogen-bond donors (Lipinski definition) is 0. The predicted molar refractivity (Wildman–Crippen MR) is 137 cm³/mol. The Morgan fingerprint density at radius 3 is 2.77 bits per heavy atom. The van der Waals surface area contributed by atoms with Gasteiger partial charge < -0.3 is 14.5 Å². The van der Waals surface area contributed by atoms with Crippen LogP contribution >= 0.6 is 0 Å². The molecule has 2 aliphatic rings. The molecule has 35 heavy (non-hydrogen) atoms. The quantitative estimate of drug-likeness (QED) is 0.576. The molecule has 2 aromatic heterocycles. The van der Waals surface area contributed by atoms with Crippen LogP contribution in [0.4, 0.5) is 0 Å². The second-order valence-electron chi connectivity index (χ2n) is 10.5. The average molecular weight is 474 g/mol. The molecule has 0 radical (unpaired) electrons. The third-order valence-corrected chi connectivity index (χ3v) is 7.55. The third kappa shape index (κ3) is 5.21. The molecule has 0 spiro atoms. The van der Waals surface area contributed by atoms with Crippen LogP contribution in [0.3, 0.4) is 0 Å². The zero-order chi connectivity index (χ0) is 24.4. The Morgan fingerprint density at radius 1 is 1.14 bits per heavy atom. The zero-order valence-corrected chi connectivity index (χ0v) is 21.0. The van der Waals surface area contributed by atoms with Gasteiger partial charge in [-0.25, -0.2) is 9.97 Å². The van der Waals surface area contributed by atoms with E-state index in [0.717, 1.165) is 54.8 Å². The SMILES string of the molecule is Cc1cc(C(=O)N2CCOC[C@@H](Cc3cccc4cccnc34)C2)nc(C2(C)CCN(C)CC2)n1. The Balaban J connectivity index is 1.36. The first kappa shape index (κ1) is 23.8. The first-order valence-corrected chi connectivity index (χ1v) is 12.7. The Hall–Kier alpha value is -2.90. The topological polar surface area (TPSA) is 71.5 Å². The van der Waals surface area contributed by atoms with Crippen LogP contribution in [0, 0.1) is 12.8 Å². The van der Waals surface area contributed by atoms with E-state index in [-0.39, 0.29) is 17.2 Å². The van der Waals surface area contributed by atoms with Crippen LogP contribution < -0.4 is 0 Å². The molecule has 0 saturated carbocycles. The summed E-state index contributed by atoms with van der Waals surface area (Å²) < 4.78 is 5.92. The number of carbonyl (C=O) groups excluding carboxylic acids is 1. The molecule has 1 aromatic carbocycles. The summed E-state index contributed by atoms with van der Waals surface area (Å²) in [7, 11) is 2.15. The van der Waals surface area contributed by atoms with Crippen molar-refractivity contribution in [3.05, 3.63) is 65.4 Å². The summed E-state index contributed by atoms with van der Waals surface area (Å²) in [4.78, 5) is 32.1. The van der Waals surface area contributed by atoms with Crippen molar-refractivity contribution in [1.82, 2.24) is 24.8 Å². The molecular weight excluding hydrogens is 438 g/mol. The van der Waals surface area contributed by atoms with Crippen LogP contribution in [0.2, 0.25) is 0 Å². The van der Waals surface area contributed by atoms with Crippen molar-refractivity contribution < 1.29 is 9.53 Å². The number of amides is 1. The lowest BCUT2D eigenvalue weighted by Crippen LogP contribution is -2.41. The van der Waals surface area contributed by atoms with E-state index in [9.17, 15) is 4.79 Å². The van der Waals surface area contributed by atoms with Gasteiger partial charge in [0.25, 0.3) is 5.91 Å². The van der Waals surface area contributed by atoms with Crippen LogP contribution in [0.15, 0.2) is 42.6 Å². The lowest BCUT2D eigenvalue weighted by atomic mass is 9.79. The number of nitrogens with zero attached hydrogens (tertiary/aromatic N) is 5. The van der Waals surface area contributed by atoms with Gasteiger partial charge in [0.15, 0.2) is 0 Å². The monoisotopic (exact) mass is 473 g/mol. The van der Waals surface area contributed by atoms with Gasteiger partial charge in [0.2, 0.25) is 0 Å². The summed E-state index contributed by atoms with van der Waals surface area (Å²) in [5.74, 6) is 0.973. The molecule has 5 rings (SSSR count). The molecule has 2 fully saturated rings. The van der Waals surface area contributed by atoms with E-state index in [0.29, 0.717) is 32.0 Å². The first-order chi connectivity index (χ1) is 16.9. The smallest absolute Gasteiger partial charge is 0.272 e. The molecule has 2 saturated heterocycles. The Labute approximate surface area is 207 Å². The fourth-order valence-electron chi connectivity index (χ4n) is 5.28. The molecule has 1 atom stereocenters. The molecule has 0 aliphatic carbocycles. The van der Waals surface area contributed by atoms with Gasteiger partial charge in [-0.05, 0) is 64.0 Å². The number of rotatable bonds is 4. The van der Waals surface area contributed by atoms with E-state index in [1.165, 1.54) is 5.56 Å². The Bertz CT molecular complexity index is 1200. The van der Waals surface area contributed by atoms with Crippen molar-refractivity contribution in [2.45, 2.75) is 38.5 Å². The molecule has 7 heteroatoms. The fourth-order valence-corrected chi connectivity index (χ4v) is 5.28. The van der Waals surface area contributed by atoms with Gasteiger partial charge in [0.1, 0.15) is 11.5 Å². The highest BCUT2D eigenvalue weighted by Crippen LogP contribution is 2.33. The van der Waals surface area contributed by atoms with Crippen LogP contribution in [-0.2, 0) is 16.6 Å². The lowest BCUT2D eigenvalue weighted by molar-refractivity contribution is 0.0730. The molecule has 0 N–H and O–H groups in total. The number of fused-ring (bicyclic) bond motifs is 1. The minimum Gasteiger partial charge on any atom is -0.379 e. The number of benzene rings is 1. The van der Waals surface area contributed by atoms with Gasteiger partial charge in [-0.15, -0.1) is 0 Å². The van der Waals surface area contributed by atoms with E-state index in [4.69, 9.17) is 14.7 Å². The van der Waals surface area contributed by atoms with E-state index < -0.39 is 0 Å². The van der Waals surface area contributed by atoms with Gasteiger partial charge >= 0.3 is 0 Å². The molecule has 0 bridgehead atoms. The zero-order valence-electron chi connectivity index (χ0n) is 21.0. The van der Waals surface area contributed by atoms with Crippen LogP contribution in [0.1, 0.15) is 47.3 Å². The number of likely N-dealkylation sites (tertiary alicyclic amines) is 1. The minimum absolute atomic E-state index is 0.0279. The highest BCUT2D eigenvalue weighted by molar-refractivity contribution is 5.92. The highest BCUT2D eigenvalue weighted by Gasteiger charge is 2.35. The van der Waals surface area contributed by atoms with Crippen LogP contribution in [0.25, 0.3) is 10.9 Å². The Kier molecular flexibility index (Phi) is 6.80. The van der Waals surface area contributed by atoms with Crippen molar-refractivity contribution in [1.29, 1.82) is 0 Å². The van der Waals surface area contributed by atoms with Gasteiger partial charge in [0.05, 0.1) is 18.7 Å². The molecule has 0 unspecified atom stereocenters. The Morgan fingerprint density at radius 2 is 1.94 bits per heavy atom. The van der Waals surface area contributed by atoms with Gasteiger partial charge in [-0.2, -0.15) is 0 Å². The number of ether oxygens (including phenoxy) is 1. The van der Waals surface area contributed by atoms with Crippen molar-refractivity contribution in [3.63, 3.8) is 0 Å². The molecule has 4 heterocycles. The number of carbonyl (C=O) groups is 1. The number of para-hydroxylation sites is 1. The second kappa shape index (κ2) is 9.99. The van der Waals surface area contributed by atoms with E-state index in [2.05, 4.69) is 48.1 Å². The summed E-state index contributed by atoms with van der Waals surface area (Å²) in [6.45, 7) is 8.62. The third-order valence-electron chi connectivity index (χ3n) is 7.55. The van der Waals surface area contributed by atoms with Crippen LogP contribution in [-0.4, -0.2) is 77.1 Å². The molecule has 2 aliphatic heterocycles. The van der Waals surface area contributed by atoms with Crippen molar-refractivity contribution in [3.8, 4) is 0 Å². The predicted octanol–water partition coefficient (Wildman–Crippen LogP) is 3.65. The summed E-state index contributed by atoms with van der Waals surface area (Å²) in [6.07, 6.45) is 4.65. The number of aryl methyl sites for hydroxylation is 1. The molecule has 7 nitrogen and oxygen atoms in total. The number of hydrogen-bond acceptors (Lipinski definition) is 6. The summed E-state index contributed by atoms with van der Waals surface area (Å²) >= 11 is 0. The maximum absolute atomic E-state index is 13.7. The van der Waals surface area contributed by atoms with Gasteiger partial charge in [-0.1, -0.05) is 31.2 Å². The average Bonchev–Trinajstić information content (AvgIpc) is 3.11. The van der Waals surface area contributed by atoms with Gasteiger partial charge in [0, 0.05) is 41.7 Å². The lowest BCUT2D eigenvalue weighted by Gasteiger charge is -2.36. The maximum Gasteiger partial charge on any atom is 0.272 e. The van der Waals surface area contributed by atoms with Crippen molar-refractivity contribution >= 4 is 16.8 Å². The second-order valence-corrected chi connectivity index (χ2v) is 10.5. The number of aromatic nitrogens is 3. The molecule has 1 amide bonds. The largest absolute Gasteiger partial charge is 0.379 e. The summed E-state index contributed by atoms with van der Waals surface area (Å²) in [5, 5.41) is 1.14. The normalized spacial score (nSPS) is 21.1. The summed E-state index contributed by atoms with van der Waals surface area (Å²) in [5.41, 5.74) is 3.48. The van der Waals surface area contributed by atoms with Crippen molar-refractivity contribution in [2.24, 2.45) is 5.92 Å². The van der Waals surface area contributed by atoms with Gasteiger partial charge in [-0.3, -0.25) is 9.78 Å². The highest BCUT2D eigenvalue weighted by atomic mass is 16.5. The molecular formula is C28H35N5O2. The van der Waals surface area contributed by atoms with E-state index in [1.54, 1.807) is 0 Å². The number of piperidine rings is 1. The minimum atomic E-state index is -0.0979. The number of pyridine rings is 1. The molecule has 3 aromatic rings. The summed E-state index contributed by atoms with van der Waals surface area (Å²) in [6, 6.07) is 12.2. The van der Waals surface area contributed by atoms with E-state index in [1.807, 2.05) is 30.2 Å². The first-order valence-electron chi connectivity index (χ1n) is 12.7. The molecule has 184 valence electrons. The standard InChI is InChI=1S/C28H35N5O2/c1-20-16-24(31-27(30-20)28(2)9-12-32(3)13-10-28)26(34)33-14-15-35-19-21(18-33)17-23-7-4-6-22-8-5-11-29-25(22)23/h4-8,11,16,21H,9-10,12-15,17-19H2,1-3H3/t21-/m0/s1.